The van der Waals surface area contributed by atoms with Gasteiger partial charge in [0.1, 0.15) is 0 Å². The monoisotopic (exact) mass is 152 g/mol. The van der Waals surface area contributed by atoms with Crippen molar-refractivity contribution in [3.63, 3.8) is 0 Å². The maximum atomic E-state index is 10.9. The number of ether oxygens (including phenoxy) is 1. The van der Waals surface area contributed by atoms with Crippen LogP contribution in [0.25, 0.3) is 0 Å². The molecule has 0 atom stereocenters. The molecule has 0 aromatic carbocycles. The van der Waals surface area contributed by atoms with Gasteiger partial charge in [0.05, 0.1) is 12.7 Å². The van der Waals surface area contributed by atoms with E-state index in [-0.39, 0.29) is 5.97 Å². The van der Waals surface area contributed by atoms with Gasteiger partial charge in [0.2, 0.25) is 0 Å². The van der Waals surface area contributed by atoms with Crippen LogP contribution in [0.5, 0.6) is 0 Å². The van der Waals surface area contributed by atoms with Crippen molar-refractivity contribution in [2.45, 2.75) is 6.92 Å². The smallest absolute Gasteiger partial charge is 0.338 e. The van der Waals surface area contributed by atoms with Crippen LogP contribution >= 0.6 is 0 Å². The summed E-state index contributed by atoms with van der Waals surface area (Å²) in [7, 11) is 1.34. The molecule has 0 saturated carbocycles. The lowest BCUT2D eigenvalue weighted by Gasteiger charge is -2.00. The van der Waals surface area contributed by atoms with E-state index in [9.17, 15) is 4.79 Å². The lowest BCUT2D eigenvalue weighted by Crippen LogP contribution is -2.03. The third-order valence-corrected chi connectivity index (χ3v) is 1.34. The Labute approximate surface area is 66.9 Å². The van der Waals surface area contributed by atoms with Crippen LogP contribution in [0.2, 0.25) is 0 Å². The molecule has 0 unspecified atom stereocenters. The molecule has 0 aliphatic carbocycles. The predicted octanol–water partition coefficient (Wildman–Crippen LogP) is 1.85. The van der Waals surface area contributed by atoms with Crippen molar-refractivity contribution in [3.05, 3.63) is 36.5 Å². The number of hydrogen-bond acceptors (Lipinski definition) is 2. The Morgan fingerprint density at radius 3 is 2.18 bits per heavy atom. The van der Waals surface area contributed by atoms with E-state index in [1.165, 1.54) is 13.2 Å². The van der Waals surface area contributed by atoms with Crippen LogP contribution in [0.15, 0.2) is 36.5 Å². The highest BCUT2D eigenvalue weighted by atomic mass is 16.5. The minimum atomic E-state index is -0.377. The second-order valence-electron chi connectivity index (χ2n) is 2.00. The molecule has 11 heavy (non-hydrogen) atoms. The van der Waals surface area contributed by atoms with Gasteiger partial charge < -0.3 is 4.74 Å². The van der Waals surface area contributed by atoms with Crippen LogP contribution in [-0.2, 0) is 9.53 Å². The van der Waals surface area contributed by atoms with Gasteiger partial charge in [-0.05, 0) is 12.5 Å². The maximum Gasteiger partial charge on any atom is 0.338 e. The van der Waals surface area contributed by atoms with Crippen LogP contribution in [0.4, 0.5) is 0 Å². The van der Waals surface area contributed by atoms with Gasteiger partial charge in [-0.25, -0.2) is 4.79 Å². The van der Waals surface area contributed by atoms with E-state index < -0.39 is 0 Å². The van der Waals surface area contributed by atoms with Crippen molar-refractivity contribution < 1.29 is 9.53 Å². The molecule has 0 fully saturated rings. The fourth-order valence-electron chi connectivity index (χ4n) is 0.625. The molecule has 0 radical (unpaired) electrons. The molecule has 0 aromatic heterocycles. The van der Waals surface area contributed by atoms with Crippen LogP contribution in [0, 0.1) is 0 Å². The van der Waals surface area contributed by atoms with Crippen molar-refractivity contribution in [3.8, 4) is 0 Å². The summed E-state index contributed by atoms with van der Waals surface area (Å²) < 4.78 is 4.51. The molecule has 0 saturated heterocycles. The summed E-state index contributed by atoms with van der Waals surface area (Å²) in [4.78, 5) is 10.9. The van der Waals surface area contributed by atoms with E-state index in [0.29, 0.717) is 5.57 Å². The van der Waals surface area contributed by atoms with E-state index in [1.807, 2.05) is 0 Å². The van der Waals surface area contributed by atoms with Gasteiger partial charge in [0.25, 0.3) is 0 Å². The third-order valence-electron chi connectivity index (χ3n) is 1.34. The molecule has 0 heterocycles. The molecule has 0 N–H and O–H groups in total. The molecule has 0 bridgehead atoms. The van der Waals surface area contributed by atoms with E-state index in [0.717, 1.165) is 5.57 Å². The highest BCUT2D eigenvalue weighted by molar-refractivity contribution is 5.92. The molecular weight excluding hydrogens is 140 g/mol. The Kier molecular flexibility index (Phi) is 3.96. The Morgan fingerprint density at radius 2 is 1.91 bits per heavy atom. The van der Waals surface area contributed by atoms with E-state index in [4.69, 9.17) is 0 Å². The zero-order chi connectivity index (χ0) is 8.85. The fraction of sp³-hybridized carbons (Fsp3) is 0.222. The first-order chi connectivity index (χ1) is 5.17. The van der Waals surface area contributed by atoms with Crippen LogP contribution in [0.1, 0.15) is 6.92 Å². The summed E-state index contributed by atoms with van der Waals surface area (Å²) in [6.07, 6.45) is 3.05. The number of allylic oxidation sites excluding steroid dienone is 2. The number of hydrogen-bond donors (Lipinski definition) is 0. The summed E-state index contributed by atoms with van der Waals surface area (Å²) in [5.74, 6) is -0.377. The molecule has 0 aromatic rings. The van der Waals surface area contributed by atoms with Crippen LogP contribution < -0.4 is 0 Å². The molecular formula is C9H12O2. The Bertz CT molecular complexity index is 212. The third kappa shape index (κ3) is 2.42. The summed E-state index contributed by atoms with van der Waals surface area (Å²) in [5, 5.41) is 0. The Morgan fingerprint density at radius 1 is 1.36 bits per heavy atom. The predicted molar refractivity (Wildman–Crippen MR) is 45.1 cm³/mol. The first kappa shape index (κ1) is 9.69. The molecule has 0 amide bonds. The highest BCUT2D eigenvalue weighted by Gasteiger charge is 2.06. The van der Waals surface area contributed by atoms with Gasteiger partial charge in [-0.3, -0.25) is 0 Å². The van der Waals surface area contributed by atoms with Crippen molar-refractivity contribution in [2.75, 3.05) is 7.11 Å². The van der Waals surface area contributed by atoms with Crippen LogP contribution in [-0.4, -0.2) is 13.1 Å². The van der Waals surface area contributed by atoms with Crippen molar-refractivity contribution in [1.82, 2.24) is 0 Å². The van der Waals surface area contributed by atoms with Gasteiger partial charge in [0, 0.05) is 0 Å². The standard InChI is InChI=1S/C9H12O2/c1-5-7(3)8(6-2)9(10)11-4/h5-6H,1-2H2,3-4H3/b8-7+. The van der Waals surface area contributed by atoms with Gasteiger partial charge >= 0.3 is 5.97 Å². The zero-order valence-corrected chi connectivity index (χ0v) is 6.89. The Hall–Kier alpha value is -1.31. The second-order valence-corrected chi connectivity index (χ2v) is 2.00. The number of carbonyl (C=O) groups excluding carboxylic acids is 1. The van der Waals surface area contributed by atoms with E-state index >= 15 is 0 Å². The first-order valence-corrected chi connectivity index (χ1v) is 3.21. The van der Waals surface area contributed by atoms with Gasteiger partial charge in [-0.1, -0.05) is 25.3 Å². The highest BCUT2D eigenvalue weighted by Crippen LogP contribution is 2.07. The zero-order valence-electron chi connectivity index (χ0n) is 6.89. The largest absolute Gasteiger partial charge is 0.465 e. The van der Waals surface area contributed by atoms with E-state index in [1.54, 1.807) is 13.0 Å². The molecule has 60 valence electrons. The van der Waals surface area contributed by atoms with Crippen molar-refractivity contribution in [1.29, 1.82) is 0 Å². The van der Waals surface area contributed by atoms with Gasteiger partial charge in [-0.15, -0.1) is 0 Å². The van der Waals surface area contributed by atoms with Crippen molar-refractivity contribution in [2.24, 2.45) is 0 Å². The lowest BCUT2D eigenvalue weighted by molar-refractivity contribution is -0.135. The maximum absolute atomic E-state index is 10.9. The normalized spacial score (nSPS) is 11.5. The summed E-state index contributed by atoms with van der Waals surface area (Å²) in [6.45, 7) is 8.80. The Balaban J connectivity index is 4.78. The average Bonchev–Trinajstić information content (AvgIpc) is 2.05. The average molecular weight is 152 g/mol. The summed E-state index contributed by atoms with van der Waals surface area (Å²) in [6, 6.07) is 0. The molecule has 0 aliphatic rings. The molecule has 0 rings (SSSR count). The minimum absolute atomic E-state index is 0.377. The number of rotatable bonds is 3. The fourth-order valence-corrected chi connectivity index (χ4v) is 0.625. The van der Waals surface area contributed by atoms with E-state index in [2.05, 4.69) is 17.9 Å². The SMILES string of the molecule is C=C/C(C)=C(\C=C)C(=O)OC. The summed E-state index contributed by atoms with van der Waals surface area (Å²) >= 11 is 0. The second kappa shape index (κ2) is 4.50. The molecule has 0 spiro atoms. The number of esters is 1. The van der Waals surface area contributed by atoms with Gasteiger partial charge in [0.15, 0.2) is 0 Å². The summed E-state index contributed by atoms with van der Waals surface area (Å²) in [5.41, 5.74) is 1.23. The van der Waals surface area contributed by atoms with Crippen LogP contribution in [0.3, 0.4) is 0 Å². The quantitative estimate of drug-likeness (QED) is 0.350. The lowest BCUT2D eigenvalue weighted by atomic mass is 10.1. The molecule has 2 heteroatoms. The van der Waals surface area contributed by atoms with Gasteiger partial charge in [-0.2, -0.15) is 0 Å². The molecule has 0 aliphatic heterocycles. The molecule has 2 nitrogen and oxygen atoms in total. The topological polar surface area (TPSA) is 26.3 Å². The minimum Gasteiger partial charge on any atom is -0.465 e. The number of methoxy groups -OCH3 is 1. The first-order valence-electron chi connectivity index (χ1n) is 3.21. The number of carbonyl (C=O) groups is 1. The van der Waals surface area contributed by atoms with Crippen molar-refractivity contribution >= 4 is 5.97 Å².